The predicted octanol–water partition coefficient (Wildman–Crippen LogP) is 1.05. The van der Waals surface area contributed by atoms with Crippen molar-refractivity contribution in [2.75, 3.05) is 5.75 Å². The minimum Gasteiger partial charge on any atom is -0.462 e. The van der Waals surface area contributed by atoms with Crippen LogP contribution >= 0.6 is 0 Å². The minimum atomic E-state index is -3.58. The number of nitrogens with zero attached hydrogens (tertiary/aromatic N) is 1. The van der Waals surface area contributed by atoms with Gasteiger partial charge in [-0.05, 0) is 20.3 Å². The molecule has 0 saturated carbocycles. The molecule has 0 amide bonds. The van der Waals surface area contributed by atoms with Gasteiger partial charge in [-0.3, -0.25) is 4.79 Å². The Morgan fingerprint density at radius 3 is 2.38 bits per heavy atom. The fourth-order valence-corrected chi connectivity index (χ4v) is 2.72. The highest BCUT2D eigenvalue weighted by atomic mass is 32.2. The molecule has 0 aliphatic rings. The Balaban J connectivity index is 4.73. The summed E-state index contributed by atoms with van der Waals surface area (Å²) in [6.07, 6.45) is -0.277. The molecule has 0 rings (SSSR count). The van der Waals surface area contributed by atoms with Crippen molar-refractivity contribution in [2.45, 2.75) is 45.0 Å². The first-order chi connectivity index (χ1) is 7.35. The van der Waals surface area contributed by atoms with Crippen molar-refractivity contribution in [1.29, 1.82) is 5.26 Å². The molecule has 0 aliphatic carbocycles. The molecule has 0 aromatic heterocycles. The van der Waals surface area contributed by atoms with Gasteiger partial charge in [0.05, 0.1) is 17.9 Å². The molecular weight excluding hydrogens is 230 g/mol. The van der Waals surface area contributed by atoms with Crippen LogP contribution in [0.4, 0.5) is 0 Å². The molecule has 0 aliphatic heterocycles. The van der Waals surface area contributed by atoms with Gasteiger partial charge in [-0.2, -0.15) is 5.26 Å². The van der Waals surface area contributed by atoms with Gasteiger partial charge in [-0.15, -0.1) is 0 Å². The van der Waals surface area contributed by atoms with E-state index in [2.05, 4.69) is 0 Å². The van der Waals surface area contributed by atoms with E-state index in [-0.39, 0.29) is 24.7 Å². The molecule has 0 aromatic rings. The normalized spacial score (nSPS) is 13.2. The molecule has 0 aromatic carbocycles. The molecule has 16 heavy (non-hydrogen) atoms. The molecule has 1 unspecified atom stereocenters. The molecule has 92 valence electrons. The molecule has 0 heterocycles. The van der Waals surface area contributed by atoms with Crippen LogP contribution in [0.2, 0.25) is 0 Å². The lowest BCUT2D eigenvalue weighted by Crippen LogP contribution is -2.34. The van der Waals surface area contributed by atoms with Gasteiger partial charge in [0.25, 0.3) is 0 Å². The Bertz CT molecular complexity index is 367. The van der Waals surface area contributed by atoms with Crippen LogP contribution in [0.25, 0.3) is 0 Å². The predicted molar refractivity (Wildman–Crippen MR) is 59.3 cm³/mol. The summed E-state index contributed by atoms with van der Waals surface area (Å²) in [5.41, 5.74) is 0. The van der Waals surface area contributed by atoms with Crippen molar-refractivity contribution in [3.8, 4) is 6.07 Å². The molecule has 6 heteroatoms. The summed E-state index contributed by atoms with van der Waals surface area (Å²) in [5.74, 6) is -1.02. The maximum absolute atomic E-state index is 11.7. The Labute approximate surface area is 96.3 Å². The van der Waals surface area contributed by atoms with Gasteiger partial charge >= 0.3 is 5.97 Å². The summed E-state index contributed by atoms with van der Waals surface area (Å²) in [6.45, 7) is 4.93. The number of carbonyl (C=O) groups is 1. The van der Waals surface area contributed by atoms with Crippen LogP contribution in [0, 0.1) is 11.3 Å². The lowest BCUT2D eigenvalue weighted by atomic mass is 10.3. The maximum Gasteiger partial charge on any atom is 0.324 e. The van der Waals surface area contributed by atoms with Gasteiger partial charge < -0.3 is 4.74 Å². The van der Waals surface area contributed by atoms with Crippen molar-refractivity contribution < 1.29 is 17.9 Å². The summed E-state index contributed by atoms with van der Waals surface area (Å²) in [5, 5.41) is 7.19. The van der Waals surface area contributed by atoms with E-state index in [4.69, 9.17) is 10.00 Å². The number of ether oxygens (including phenoxy) is 1. The molecule has 0 radical (unpaired) electrons. The molecule has 0 saturated heterocycles. The first kappa shape index (κ1) is 14.9. The van der Waals surface area contributed by atoms with E-state index < -0.39 is 21.1 Å². The van der Waals surface area contributed by atoms with Crippen LogP contribution in [0.1, 0.15) is 33.6 Å². The standard InChI is InChI=1S/C10H17NO4S/c1-4-9(10(12)15-8(2)3)16(13,14)7-5-6-11/h8-9H,4-5,7H2,1-3H3. The minimum absolute atomic E-state index is 0.103. The fourth-order valence-electron chi connectivity index (χ4n) is 1.21. The average Bonchev–Trinajstić information content (AvgIpc) is 2.14. The molecule has 0 N–H and O–H groups in total. The van der Waals surface area contributed by atoms with Gasteiger partial charge in [0.2, 0.25) is 0 Å². The maximum atomic E-state index is 11.7. The SMILES string of the molecule is CCC(C(=O)OC(C)C)S(=O)(=O)CCC#N. The third-order valence-electron chi connectivity index (χ3n) is 1.92. The second kappa shape index (κ2) is 6.48. The molecular formula is C10H17NO4S. The van der Waals surface area contributed by atoms with Crippen LogP contribution in [-0.4, -0.2) is 31.5 Å². The second-order valence-corrected chi connectivity index (χ2v) is 5.96. The van der Waals surface area contributed by atoms with E-state index in [9.17, 15) is 13.2 Å². The topological polar surface area (TPSA) is 84.2 Å². The quantitative estimate of drug-likeness (QED) is 0.655. The number of hydrogen-bond acceptors (Lipinski definition) is 5. The van der Waals surface area contributed by atoms with Crippen LogP contribution in [0.15, 0.2) is 0 Å². The first-order valence-corrected chi connectivity index (χ1v) is 6.85. The zero-order valence-corrected chi connectivity index (χ0v) is 10.6. The van der Waals surface area contributed by atoms with Gasteiger partial charge in [-0.1, -0.05) is 6.92 Å². The van der Waals surface area contributed by atoms with Crippen LogP contribution in [-0.2, 0) is 19.4 Å². The summed E-state index contributed by atoms with van der Waals surface area (Å²) in [7, 11) is -3.58. The Morgan fingerprint density at radius 2 is 2.00 bits per heavy atom. The van der Waals surface area contributed by atoms with Crippen LogP contribution < -0.4 is 0 Å². The highest BCUT2D eigenvalue weighted by Gasteiger charge is 2.32. The van der Waals surface area contributed by atoms with E-state index in [1.54, 1.807) is 26.8 Å². The summed E-state index contributed by atoms with van der Waals surface area (Å²) in [6, 6.07) is 1.75. The summed E-state index contributed by atoms with van der Waals surface area (Å²) < 4.78 is 28.3. The highest BCUT2D eigenvalue weighted by molar-refractivity contribution is 7.92. The van der Waals surface area contributed by atoms with E-state index in [0.717, 1.165) is 0 Å². The number of sulfone groups is 1. The fraction of sp³-hybridized carbons (Fsp3) is 0.800. The third kappa shape index (κ3) is 4.62. The molecule has 0 fully saturated rings. The average molecular weight is 247 g/mol. The van der Waals surface area contributed by atoms with E-state index in [1.165, 1.54) is 0 Å². The number of esters is 1. The monoisotopic (exact) mass is 247 g/mol. The smallest absolute Gasteiger partial charge is 0.324 e. The molecule has 5 nitrogen and oxygen atoms in total. The Morgan fingerprint density at radius 1 is 1.44 bits per heavy atom. The Kier molecular flexibility index (Phi) is 6.04. The lowest BCUT2D eigenvalue weighted by molar-refractivity contribution is -0.146. The number of carbonyl (C=O) groups excluding carboxylic acids is 1. The van der Waals surface area contributed by atoms with Crippen molar-refractivity contribution in [3.63, 3.8) is 0 Å². The van der Waals surface area contributed by atoms with E-state index in [0.29, 0.717) is 0 Å². The summed E-state index contributed by atoms with van der Waals surface area (Å²) >= 11 is 0. The first-order valence-electron chi connectivity index (χ1n) is 5.14. The van der Waals surface area contributed by atoms with Crippen molar-refractivity contribution in [2.24, 2.45) is 0 Å². The van der Waals surface area contributed by atoms with Crippen LogP contribution in [0.3, 0.4) is 0 Å². The van der Waals surface area contributed by atoms with E-state index in [1.807, 2.05) is 0 Å². The van der Waals surface area contributed by atoms with Crippen molar-refractivity contribution in [1.82, 2.24) is 0 Å². The van der Waals surface area contributed by atoms with Crippen molar-refractivity contribution >= 4 is 15.8 Å². The van der Waals surface area contributed by atoms with Gasteiger partial charge in [0, 0.05) is 6.42 Å². The largest absolute Gasteiger partial charge is 0.462 e. The zero-order chi connectivity index (χ0) is 12.8. The number of nitriles is 1. The van der Waals surface area contributed by atoms with Crippen LogP contribution in [0.5, 0.6) is 0 Å². The highest BCUT2D eigenvalue weighted by Crippen LogP contribution is 2.11. The number of rotatable bonds is 6. The Hall–Kier alpha value is -1.09. The lowest BCUT2D eigenvalue weighted by Gasteiger charge is -2.16. The molecule has 0 spiro atoms. The zero-order valence-electron chi connectivity index (χ0n) is 9.76. The van der Waals surface area contributed by atoms with Gasteiger partial charge in [0.1, 0.15) is 0 Å². The number of hydrogen-bond donors (Lipinski definition) is 0. The van der Waals surface area contributed by atoms with Gasteiger partial charge in [-0.25, -0.2) is 8.42 Å². The molecule has 0 bridgehead atoms. The van der Waals surface area contributed by atoms with Gasteiger partial charge in [0.15, 0.2) is 15.1 Å². The summed E-state index contributed by atoms with van der Waals surface area (Å²) in [4.78, 5) is 11.5. The molecule has 1 atom stereocenters. The second-order valence-electron chi connectivity index (χ2n) is 3.66. The van der Waals surface area contributed by atoms with E-state index >= 15 is 0 Å². The van der Waals surface area contributed by atoms with Crippen molar-refractivity contribution in [3.05, 3.63) is 0 Å². The third-order valence-corrected chi connectivity index (χ3v) is 4.08.